The minimum atomic E-state index is -0.744. The van der Waals surface area contributed by atoms with Gasteiger partial charge in [-0.2, -0.15) is 0 Å². The van der Waals surface area contributed by atoms with Gasteiger partial charge in [0, 0.05) is 12.6 Å². The van der Waals surface area contributed by atoms with Crippen LogP contribution in [0.2, 0.25) is 0 Å². The fourth-order valence-corrected chi connectivity index (χ4v) is 2.56. The molecule has 0 aliphatic heterocycles. The van der Waals surface area contributed by atoms with E-state index in [4.69, 9.17) is 4.74 Å². The third-order valence-corrected chi connectivity index (χ3v) is 3.98. The van der Waals surface area contributed by atoms with Crippen LogP contribution in [-0.4, -0.2) is 36.3 Å². The number of phenolic OH excluding ortho intramolecular Hbond substituents is 1. The molecule has 134 valence electrons. The number of methoxy groups -OCH3 is 1. The van der Waals surface area contributed by atoms with Crippen LogP contribution in [0.25, 0.3) is 0 Å². The third-order valence-electron chi connectivity index (χ3n) is 3.98. The predicted molar refractivity (Wildman–Crippen MR) is 96.9 cm³/mol. The van der Waals surface area contributed by atoms with Crippen LogP contribution >= 0.6 is 0 Å². The highest BCUT2D eigenvalue weighted by Gasteiger charge is 2.12. The average molecular weight is 344 g/mol. The maximum absolute atomic E-state index is 10.5. The van der Waals surface area contributed by atoms with Crippen molar-refractivity contribution < 1.29 is 19.7 Å². The highest BCUT2D eigenvalue weighted by molar-refractivity contribution is 5.75. The molecule has 1 unspecified atom stereocenters. The van der Waals surface area contributed by atoms with Crippen molar-refractivity contribution in [3.05, 3.63) is 53.6 Å². The van der Waals surface area contributed by atoms with E-state index in [1.54, 1.807) is 19.2 Å². The molecule has 0 aliphatic rings. The molecule has 1 amide bonds. The van der Waals surface area contributed by atoms with Crippen molar-refractivity contribution in [3.8, 4) is 11.5 Å². The van der Waals surface area contributed by atoms with Crippen LogP contribution in [0.4, 0.5) is 5.69 Å². The Kier molecular flexibility index (Phi) is 6.80. The van der Waals surface area contributed by atoms with E-state index in [1.807, 2.05) is 31.2 Å². The first kappa shape index (κ1) is 18.8. The summed E-state index contributed by atoms with van der Waals surface area (Å²) in [6.45, 7) is 2.41. The zero-order valence-electron chi connectivity index (χ0n) is 14.4. The van der Waals surface area contributed by atoms with Crippen molar-refractivity contribution in [2.45, 2.75) is 25.5 Å². The number of aliphatic hydroxyl groups is 1. The lowest BCUT2D eigenvalue weighted by Crippen LogP contribution is -2.32. The lowest BCUT2D eigenvalue weighted by atomic mass is 10.1. The number of rotatable bonds is 9. The van der Waals surface area contributed by atoms with Crippen molar-refractivity contribution in [1.82, 2.24) is 5.32 Å². The maximum Gasteiger partial charge on any atom is 0.211 e. The van der Waals surface area contributed by atoms with E-state index in [0.717, 1.165) is 12.2 Å². The van der Waals surface area contributed by atoms with Gasteiger partial charge in [-0.3, -0.25) is 4.79 Å². The van der Waals surface area contributed by atoms with Crippen molar-refractivity contribution >= 4 is 12.1 Å². The Morgan fingerprint density at radius 2 is 1.92 bits per heavy atom. The number of anilines is 1. The number of hydrogen-bond donors (Lipinski definition) is 4. The number of amides is 1. The number of phenols is 1. The minimum absolute atomic E-state index is 0.0381. The molecule has 6 heteroatoms. The first-order valence-electron chi connectivity index (χ1n) is 8.11. The Balaban J connectivity index is 1.88. The number of benzene rings is 2. The second kappa shape index (κ2) is 9.05. The molecule has 0 fully saturated rings. The van der Waals surface area contributed by atoms with Gasteiger partial charge in [-0.15, -0.1) is 0 Å². The van der Waals surface area contributed by atoms with E-state index in [1.165, 1.54) is 11.6 Å². The fraction of sp³-hybridized carbons (Fsp3) is 0.316. The Morgan fingerprint density at radius 1 is 1.20 bits per heavy atom. The van der Waals surface area contributed by atoms with E-state index < -0.39 is 6.10 Å². The third kappa shape index (κ3) is 5.48. The van der Waals surface area contributed by atoms with E-state index >= 15 is 0 Å². The summed E-state index contributed by atoms with van der Waals surface area (Å²) in [4.78, 5) is 10.5. The van der Waals surface area contributed by atoms with E-state index in [0.29, 0.717) is 18.5 Å². The molecule has 2 aromatic rings. The molecule has 0 heterocycles. The standard InChI is InChI=1S/C19H24N2O4/c1-13(9-14-3-6-16(25-2)7-4-14)20-11-19(24)15-5-8-18(23)17(10-15)21-12-22/h3-8,10,12-13,19-20,23-24H,9,11H2,1-2H3,(H,21,22)/t13-,19?/m0/s1. The van der Waals surface area contributed by atoms with Gasteiger partial charge in [-0.25, -0.2) is 0 Å². The maximum atomic E-state index is 10.5. The lowest BCUT2D eigenvalue weighted by Gasteiger charge is -2.18. The van der Waals surface area contributed by atoms with Gasteiger partial charge in [0.15, 0.2) is 0 Å². The SMILES string of the molecule is COc1ccc(C[C@H](C)NCC(O)c2ccc(O)c(NC=O)c2)cc1. The Morgan fingerprint density at radius 3 is 2.56 bits per heavy atom. The number of aromatic hydroxyl groups is 1. The van der Waals surface area contributed by atoms with Gasteiger partial charge >= 0.3 is 0 Å². The second-order valence-corrected chi connectivity index (χ2v) is 5.92. The molecule has 0 aliphatic carbocycles. The van der Waals surface area contributed by atoms with Crippen LogP contribution in [0, 0.1) is 0 Å². The second-order valence-electron chi connectivity index (χ2n) is 5.92. The van der Waals surface area contributed by atoms with Gasteiger partial charge < -0.3 is 25.6 Å². The predicted octanol–water partition coefficient (Wildman–Crippen LogP) is 2.22. The average Bonchev–Trinajstić information content (AvgIpc) is 2.62. The van der Waals surface area contributed by atoms with Crippen molar-refractivity contribution in [3.63, 3.8) is 0 Å². The first-order chi connectivity index (χ1) is 12.0. The van der Waals surface area contributed by atoms with Gasteiger partial charge in [0.2, 0.25) is 6.41 Å². The molecule has 0 bridgehead atoms. The summed E-state index contributed by atoms with van der Waals surface area (Å²) in [5.41, 5.74) is 2.07. The molecular formula is C19H24N2O4. The molecule has 25 heavy (non-hydrogen) atoms. The molecule has 4 N–H and O–H groups in total. The van der Waals surface area contributed by atoms with Crippen LogP contribution in [0.15, 0.2) is 42.5 Å². The lowest BCUT2D eigenvalue weighted by molar-refractivity contribution is -0.105. The highest BCUT2D eigenvalue weighted by atomic mass is 16.5. The topological polar surface area (TPSA) is 90.8 Å². The van der Waals surface area contributed by atoms with Crippen molar-refractivity contribution in [2.24, 2.45) is 0 Å². The number of carbonyl (C=O) groups is 1. The van der Waals surface area contributed by atoms with Crippen LogP contribution < -0.4 is 15.4 Å². The van der Waals surface area contributed by atoms with Gasteiger partial charge in [0.1, 0.15) is 11.5 Å². The fourth-order valence-electron chi connectivity index (χ4n) is 2.56. The zero-order chi connectivity index (χ0) is 18.2. The quantitative estimate of drug-likeness (QED) is 0.414. The monoisotopic (exact) mass is 344 g/mol. The van der Waals surface area contributed by atoms with Crippen molar-refractivity contribution in [1.29, 1.82) is 0 Å². The van der Waals surface area contributed by atoms with Gasteiger partial charge in [0.05, 0.1) is 18.9 Å². The summed E-state index contributed by atoms with van der Waals surface area (Å²) in [5, 5.41) is 25.6. The molecule has 6 nitrogen and oxygen atoms in total. The summed E-state index contributed by atoms with van der Waals surface area (Å²) in [6.07, 6.45) is 0.566. The van der Waals surface area contributed by atoms with Crippen LogP contribution in [-0.2, 0) is 11.2 Å². The number of nitrogens with one attached hydrogen (secondary N) is 2. The highest BCUT2D eigenvalue weighted by Crippen LogP contribution is 2.26. The molecule has 0 saturated carbocycles. The molecule has 2 rings (SSSR count). The van der Waals surface area contributed by atoms with Crippen LogP contribution in [0.3, 0.4) is 0 Å². The zero-order valence-corrected chi connectivity index (χ0v) is 14.4. The van der Waals surface area contributed by atoms with Gasteiger partial charge in [-0.1, -0.05) is 18.2 Å². The molecular weight excluding hydrogens is 320 g/mol. The van der Waals surface area contributed by atoms with Gasteiger partial charge in [0.25, 0.3) is 0 Å². The number of hydrogen-bond acceptors (Lipinski definition) is 5. The molecule has 0 radical (unpaired) electrons. The number of aliphatic hydroxyl groups excluding tert-OH is 1. The molecule has 2 atom stereocenters. The normalized spacial score (nSPS) is 13.1. The van der Waals surface area contributed by atoms with E-state index in [2.05, 4.69) is 10.6 Å². The van der Waals surface area contributed by atoms with Crippen LogP contribution in [0.1, 0.15) is 24.2 Å². The van der Waals surface area contributed by atoms with Crippen molar-refractivity contribution in [2.75, 3.05) is 19.0 Å². The smallest absolute Gasteiger partial charge is 0.211 e. The number of ether oxygens (including phenoxy) is 1. The Bertz CT molecular complexity index is 688. The van der Waals surface area contributed by atoms with Crippen LogP contribution in [0.5, 0.6) is 11.5 Å². The number of carbonyl (C=O) groups excluding carboxylic acids is 1. The summed E-state index contributed by atoms with van der Waals surface area (Å²) in [6, 6.07) is 12.7. The molecule has 2 aromatic carbocycles. The van der Waals surface area contributed by atoms with Gasteiger partial charge in [-0.05, 0) is 48.7 Å². The Hall–Kier alpha value is -2.57. The van der Waals surface area contributed by atoms with E-state index in [-0.39, 0.29) is 17.5 Å². The molecule has 0 spiro atoms. The van der Waals surface area contributed by atoms with E-state index in [9.17, 15) is 15.0 Å². The molecule has 0 aromatic heterocycles. The summed E-state index contributed by atoms with van der Waals surface area (Å²) < 4.78 is 5.14. The molecule has 0 saturated heterocycles. The largest absolute Gasteiger partial charge is 0.506 e. The first-order valence-corrected chi connectivity index (χ1v) is 8.11. The summed E-state index contributed by atoms with van der Waals surface area (Å²) in [5.74, 6) is 0.788. The summed E-state index contributed by atoms with van der Waals surface area (Å²) >= 11 is 0. The summed E-state index contributed by atoms with van der Waals surface area (Å²) in [7, 11) is 1.64. The Labute approximate surface area is 147 Å². The minimum Gasteiger partial charge on any atom is -0.506 e.